The van der Waals surface area contributed by atoms with Crippen LogP contribution in [-0.4, -0.2) is 47.3 Å². The van der Waals surface area contributed by atoms with Crippen molar-refractivity contribution in [3.8, 4) is 11.3 Å². The highest BCUT2D eigenvalue weighted by atomic mass is 16.6. The number of likely N-dealkylation sites (N-methyl/N-ethyl adjacent to an activating group) is 1. The highest BCUT2D eigenvalue weighted by Gasteiger charge is 2.29. The molecular formula is C15H19N5O2. The van der Waals surface area contributed by atoms with E-state index in [4.69, 9.17) is 0 Å². The van der Waals surface area contributed by atoms with E-state index in [1.54, 1.807) is 12.1 Å². The topological polar surface area (TPSA) is 67.4 Å². The summed E-state index contributed by atoms with van der Waals surface area (Å²) in [5.74, 6) is 0. The molecule has 3 rings (SSSR count). The largest absolute Gasteiger partial charge is 0.364 e. The zero-order valence-electron chi connectivity index (χ0n) is 13.0. The molecule has 1 aromatic heterocycles. The van der Waals surface area contributed by atoms with E-state index in [2.05, 4.69) is 10.00 Å². The van der Waals surface area contributed by atoms with Crippen molar-refractivity contribution in [3.63, 3.8) is 0 Å². The third-order valence-electron chi connectivity index (χ3n) is 3.87. The number of nitro benzene ring substituents is 1. The van der Waals surface area contributed by atoms with Gasteiger partial charge < -0.3 is 9.80 Å². The van der Waals surface area contributed by atoms with Gasteiger partial charge in [0, 0.05) is 43.5 Å². The van der Waals surface area contributed by atoms with Gasteiger partial charge in [-0.3, -0.25) is 14.8 Å². The zero-order valence-corrected chi connectivity index (χ0v) is 13.0. The Morgan fingerprint density at radius 1 is 1.41 bits per heavy atom. The average Bonchev–Trinajstić information content (AvgIpc) is 2.87. The summed E-state index contributed by atoms with van der Waals surface area (Å²) in [5, 5.41) is 15.9. The normalized spacial score (nSPS) is 13.2. The van der Waals surface area contributed by atoms with Crippen LogP contribution in [0.15, 0.2) is 24.4 Å². The lowest BCUT2D eigenvalue weighted by molar-refractivity contribution is -0.384. The van der Waals surface area contributed by atoms with Crippen LogP contribution < -0.4 is 4.90 Å². The molecule has 0 fully saturated rings. The van der Waals surface area contributed by atoms with Gasteiger partial charge in [0.1, 0.15) is 5.69 Å². The SMILES string of the molecule is CN(C)CCn1cc2c(n1)-c1cccc([N+](=O)[O-])c1N(C)C2. The molecule has 1 aliphatic heterocycles. The van der Waals surface area contributed by atoms with Crippen LogP contribution >= 0.6 is 0 Å². The maximum atomic E-state index is 11.3. The highest BCUT2D eigenvalue weighted by Crippen LogP contribution is 2.42. The van der Waals surface area contributed by atoms with Crippen LogP contribution in [0.4, 0.5) is 11.4 Å². The van der Waals surface area contributed by atoms with E-state index >= 15 is 0 Å². The number of nitrogens with zero attached hydrogens (tertiary/aromatic N) is 5. The molecule has 116 valence electrons. The van der Waals surface area contributed by atoms with Gasteiger partial charge in [-0.05, 0) is 14.1 Å². The van der Waals surface area contributed by atoms with Gasteiger partial charge in [0.15, 0.2) is 0 Å². The molecular weight excluding hydrogens is 282 g/mol. The first-order valence-corrected chi connectivity index (χ1v) is 7.17. The maximum Gasteiger partial charge on any atom is 0.293 e. The van der Waals surface area contributed by atoms with E-state index in [-0.39, 0.29) is 10.6 Å². The standard InChI is InChI=1S/C15H19N5O2/c1-17(2)7-8-19-10-11-9-18(3)15-12(14(11)16-19)5-4-6-13(15)20(21)22/h4-6,10H,7-9H2,1-3H3. The molecule has 0 saturated carbocycles. The van der Waals surface area contributed by atoms with Crippen molar-refractivity contribution in [2.45, 2.75) is 13.1 Å². The zero-order chi connectivity index (χ0) is 15.9. The van der Waals surface area contributed by atoms with Crippen LogP contribution in [0.25, 0.3) is 11.3 Å². The molecule has 0 aliphatic carbocycles. The van der Waals surface area contributed by atoms with Crippen LogP contribution in [0.3, 0.4) is 0 Å². The predicted octanol–water partition coefficient (Wildman–Crippen LogP) is 1.97. The summed E-state index contributed by atoms with van der Waals surface area (Å²) in [6.45, 7) is 2.33. The molecule has 0 unspecified atom stereocenters. The second kappa shape index (κ2) is 5.42. The first-order valence-electron chi connectivity index (χ1n) is 7.17. The number of aromatic nitrogens is 2. The molecule has 0 amide bonds. The number of hydrogen-bond acceptors (Lipinski definition) is 5. The van der Waals surface area contributed by atoms with Gasteiger partial charge in [0.05, 0.1) is 17.2 Å². The number of hydrogen-bond donors (Lipinski definition) is 0. The summed E-state index contributed by atoms with van der Waals surface area (Å²) in [5.41, 5.74) is 3.58. The Labute approximate surface area is 128 Å². The van der Waals surface area contributed by atoms with Crippen molar-refractivity contribution >= 4 is 11.4 Å². The minimum atomic E-state index is -0.330. The van der Waals surface area contributed by atoms with Crippen molar-refractivity contribution in [2.24, 2.45) is 0 Å². The molecule has 0 spiro atoms. The number of rotatable bonds is 4. The fourth-order valence-corrected chi connectivity index (χ4v) is 2.83. The van der Waals surface area contributed by atoms with Crippen LogP contribution in [0.1, 0.15) is 5.56 Å². The lowest BCUT2D eigenvalue weighted by atomic mass is 9.99. The molecule has 1 aliphatic rings. The Bertz CT molecular complexity index is 723. The number of benzene rings is 1. The van der Waals surface area contributed by atoms with E-state index < -0.39 is 0 Å². The third kappa shape index (κ3) is 2.43. The minimum Gasteiger partial charge on any atom is -0.364 e. The van der Waals surface area contributed by atoms with Crippen LogP contribution in [0.2, 0.25) is 0 Å². The first kappa shape index (κ1) is 14.5. The number of nitro groups is 1. The predicted molar refractivity (Wildman–Crippen MR) is 85.0 cm³/mol. The molecule has 0 saturated heterocycles. The monoisotopic (exact) mass is 301 g/mol. The number of para-hydroxylation sites is 1. The fraction of sp³-hybridized carbons (Fsp3) is 0.400. The smallest absolute Gasteiger partial charge is 0.293 e. The third-order valence-corrected chi connectivity index (χ3v) is 3.87. The molecule has 1 aromatic carbocycles. The van der Waals surface area contributed by atoms with E-state index in [9.17, 15) is 10.1 Å². The van der Waals surface area contributed by atoms with Crippen molar-refractivity contribution in [3.05, 3.63) is 40.1 Å². The summed E-state index contributed by atoms with van der Waals surface area (Å²) in [6.07, 6.45) is 2.04. The van der Waals surface area contributed by atoms with Gasteiger partial charge in [-0.15, -0.1) is 0 Å². The Kier molecular flexibility index (Phi) is 3.58. The molecule has 0 atom stereocenters. The Hall–Kier alpha value is -2.41. The number of fused-ring (bicyclic) bond motifs is 3. The fourth-order valence-electron chi connectivity index (χ4n) is 2.83. The van der Waals surface area contributed by atoms with Crippen LogP contribution in [0, 0.1) is 10.1 Å². The summed E-state index contributed by atoms with van der Waals surface area (Å²) < 4.78 is 1.92. The van der Waals surface area contributed by atoms with Crippen molar-refractivity contribution in [1.29, 1.82) is 0 Å². The van der Waals surface area contributed by atoms with E-state index in [0.717, 1.165) is 29.9 Å². The van der Waals surface area contributed by atoms with Gasteiger partial charge in [0.25, 0.3) is 5.69 Å². The second-order valence-corrected chi connectivity index (χ2v) is 5.86. The Balaban J connectivity index is 2.05. The molecule has 0 radical (unpaired) electrons. The summed E-state index contributed by atoms with van der Waals surface area (Å²) >= 11 is 0. The van der Waals surface area contributed by atoms with Crippen LogP contribution in [0.5, 0.6) is 0 Å². The molecule has 0 bridgehead atoms. The quantitative estimate of drug-likeness (QED) is 0.638. The van der Waals surface area contributed by atoms with Gasteiger partial charge in [-0.25, -0.2) is 0 Å². The second-order valence-electron chi connectivity index (χ2n) is 5.86. The lowest BCUT2D eigenvalue weighted by Crippen LogP contribution is -2.22. The maximum absolute atomic E-state index is 11.3. The van der Waals surface area contributed by atoms with E-state index in [0.29, 0.717) is 12.2 Å². The Morgan fingerprint density at radius 3 is 2.86 bits per heavy atom. The molecule has 7 nitrogen and oxygen atoms in total. The highest BCUT2D eigenvalue weighted by molar-refractivity contribution is 5.87. The average molecular weight is 301 g/mol. The summed E-state index contributed by atoms with van der Waals surface area (Å²) in [6, 6.07) is 5.17. The van der Waals surface area contributed by atoms with Crippen molar-refractivity contribution in [1.82, 2.24) is 14.7 Å². The minimum absolute atomic E-state index is 0.133. The lowest BCUT2D eigenvalue weighted by Gasteiger charge is -2.26. The molecule has 2 heterocycles. The molecule has 0 N–H and O–H groups in total. The van der Waals surface area contributed by atoms with Crippen molar-refractivity contribution < 1.29 is 4.92 Å². The Morgan fingerprint density at radius 2 is 2.18 bits per heavy atom. The molecule has 7 heteroatoms. The van der Waals surface area contributed by atoms with Crippen LogP contribution in [-0.2, 0) is 13.1 Å². The van der Waals surface area contributed by atoms with Crippen molar-refractivity contribution in [2.75, 3.05) is 32.6 Å². The van der Waals surface area contributed by atoms with Gasteiger partial charge >= 0.3 is 0 Å². The van der Waals surface area contributed by atoms with E-state index in [1.807, 2.05) is 43.0 Å². The molecule has 22 heavy (non-hydrogen) atoms. The summed E-state index contributed by atoms with van der Waals surface area (Å²) in [7, 11) is 5.93. The number of anilines is 1. The van der Waals surface area contributed by atoms with E-state index in [1.165, 1.54) is 0 Å². The van der Waals surface area contributed by atoms with Gasteiger partial charge in [-0.1, -0.05) is 12.1 Å². The van der Waals surface area contributed by atoms with Gasteiger partial charge in [-0.2, -0.15) is 5.10 Å². The summed E-state index contributed by atoms with van der Waals surface area (Å²) in [4.78, 5) is 15.0. The van der Waals surface area contributed by atoms with Gasteiger partial charge in [0.2, 0.25) is 0 Å². The first-order chi connectivity index (χ1) is 10.5. The molecule has 2 aromatic rings.